The van der Waals surface area contributed by atoms with Crippen LogP contribution in [0.4, 0.5) is 5.69 Å². The number of piperidine rings is 1. The highest BCUT2D eigenvalue weighted by molar-refractivity contribution is 7.10. The van der Waals surface area contributed by atoms with E-state index in [1.807, 2.05) is 48.7 Å². The zero-order valence-electron chi connectivity index (χ0n) is 17.7. The van der Waals surface area contributed by atoms with Gasteiger partial charge in [-0.2, -0.15) is 0 Å². The molecule has 0 radical (unpaired) electrons. The molecular formula is C25H24N2O4S. The predicted molar refractivity (Wildman–Crippen MR) is 123 cm³/mol. The Hall–Kier alpha value is -3.45. The molecule has 4 rings (SSSR count). The first-order chi connectivity index (χ1) is 15.4. The Kier molecular flexibility index (Phi) is 6.37. The minimum Gasteiger partial charge on any atom is -0.461 e. The molecule has 0 saturated carbocycles. The van der Waals surface area contributed by atoms with Crippen molar-refractivity contribution in [3.8, 4) is 0 Å². The summed E-state index contributed by atoms with van der Waals surface area (Å²) < 4.78 is 5.65. The molecule has 7 heteroatoms. The molecule has 164 valence electrons. The van der Waals surface area contributed by atoms with Crippen molar-refractivity contribution in [2.75, 3.05) is 4.90 Å². The molecule has 2 atom stereocenters. The molecule has 0 spiro atoms. The van der Waals surface area contributed by atoms with Gasteiger partial charge in [-0.3, -0.25) is 14.4 Å². The molecule has 3 aromatic rings. The second-order valence-corrected chi connectivity index (χ2v) is 8.85. The van der Waals surface area contributed by atoms with Gasteiger partial charge in [-0.25, -0.2) is 0 Å². The van der Waals surface area contributed by atoms with Gasteiger partial charge in [0.1, 0.15) is 6.61 Å². The molecule has 0 aliphatic carbocycles. The van der Waals surface area contributed by atoms with Crippen LogP contribution in [0.1, 0.15) is 45.2 Å². The number of nitrogens with two attached hydrogens (primary N) is 1. The number of benzene rings is 2. The summed E-state index contributed by atoms with van der Waals surface area (Å²) in [5.41, 5.74) is 8.31. The Labute approximate surface area is 190 Å². The van der Waals surface area contributed by atoms with E-state index in [9.17, 15) is 14.4 Å². The van der Waals surface area contributed by atoms with Gasteiger partial charge in [0.05, 0.1) is 12.0 Å². The fourth-order valence-electron chi connectivity index (χ4n) is 3.96. The number of ether oxygens (including phenoxy) is 1. The third kappa shape index (κ3) is 4.57. The third-order valence-electron chi connectivity index (χ3n) is 5.67. The van der Waals surface area contributed by atoms with Gasteiger partial charge in [0.2, 0.25) is 11.8 Å². The van der Waals surface area contributed by atoms with Crippen molar-refractivity contribution >= 4 is 34.8 Å². The topological polar surface area (TPSA) is 89.7 Å². The summed E-state index contributed by atoms with van der Waals surface area (Å²) in [5.74, 6) is -1.32. The molecule has 0 bridgehead atoms. The van der Waals surface area contributed by atoms with Crippen LogP contribution >= 0.6 is 11.3 Å². The van der Waals surface area contributed by atoms with Gasteiger partial charge in [-0.05, 0) is 54.6 Å². The highest BCUT2D eigenvalue weighted by Crippen LogP contribution is 2.42. The van der Waals surface area contributed by atoms with E-state index in [1.54, 1.807) is 29.2 Å². The summed E-state index contributed by atoms with van der Waals surface area (Å²) in [6.07, 6.45) is 0.714. The summed E-state index contributed by atoms with van der Waals surface area (Å²) in [6.45, 7) is 2.08. The molecule has 32 heavy (non-hydrogen) atoms. The largest absolute Gasteiger partial charge is 0.461 e. The fourth-order valence-corrected chi connectivity index (χ4v) is 4.84. The summed E-state index contributed by atoms with van der Waals surface area (Å²) in [4.78, 5) is 40.0. The molecule has 1 aromatic heterocycles. The number of carbonyl (C=O) groups excluding carboxylic acids is 3. The van der Waals surface area contributed by atoms with E-state index in [1.165, 1.54) is 11.3 Å². The number of primary amides is 1. The zero-order valence-corrected chi connectivity index (χ0v) is 18.5. The van der Waals surface area contributed by atoms with Gasteiger partial charge in [0, 0.05) is 22.5 Å². The molecule has 6 nitrogen and oxygen atoms in total. The normalized spacial score (nSPS) is 18.4. The van der Waals surface area contributed by atoms with E-state index in [0.717, 1.165) is 21.7 Å². The van der Waals surface area contributed by atoms with Crippen LogP contribution in [0.15, 0.2) is 66.0 Å². The van der Waals surface area contributed by atoms with Gasteiger partial charge in [0.15, 0.2) is 0 Å². The van der Waals surface area contributed by atoms with Crippen molar-refractivity contribution in [2.24, 2.45) is 11.7 Å². The number of hydrogen-bond donors (Lipinski definition) is 1. The molecular weight excluding hydrogens is 424 g/mol. The van der Waals surface area contributed by atoms with Crippen LogP contribution in [0, 0.1) is 12.8 Å². The van der Waals surface area contributed by atoms with Crippen molar-refractivity contribution in [1.29, 1.82) is 0 Å². The lowest BCUT2D eigenvalue weighted by Crippen LogP contribution is -2.45. The first-order valence-corrected chi connectivity index (χ1v) is 11.3. The highest BCUT2D eigenvalue weighted by Gasteiger charge is 2.42. The van der Waals surface area contributed by atoms with E-state index >= 15 is 0 Å². The summed E-state index contributed by atoms with van der Waals surface area (Å²) in [5, 5.41) is 1.95. The Balaban J connectivity index is 1.57. The first-order valence-electron chi connectivity index (χ1n) is 10.4. The van der Waals surface area contributed by atoms with Crippen molar-refractivity contribution in [1.82, 2.24) is 0 Å². The lowest BCUT2D eigenvalue weighted by atomic mass is 9.87. The predicted octanol–water partition coefficient (Wildman–Crippen LogP) is 4.38. The van der Waals surface area contributed by atoms with E-state index in [4.69, 9.17) is 10.5 Å². The van der Waals surface area contributed by atoms with Crippen LogP contribution in [0.5, 0.6) is 0 Å². The van der Waals surface area contributed by atoms with E-state index in [2.05, 4.69) is 0 Å². The number of esters is 1. The average molecular weight is 449 g/mol. The van der Waals surface area contributed by atoms with Crippen LogP contribution in [0.2, 0.25) is 0 Å². The minimum absolute atomic E-state index is 0.00153. The summed E-state index contributed by atoms with van der Waals surface area (Å²) in [6, 6.07) is 17.9. The van der Waals surface area contributed by atoms with E-state index in [0.29, 0.717) is 12.0 Å². The number of rotatable bonds is 6. The molecule has 1 fully saturated rings. The number of carbonyl (C=O) groups is 3. The van der Waals surface area contributed by atoms with Gasteiger partial charge in [0.25, 0.3) is 0 Å². The zero-order chi connectivity index (χ0) is 22.7. The molecule has 1 saturated heterocycles. The van der Waals surface area contributed by atoms with Gasteiger partial charge < -0.3 is 15.4 Å². The van der Waals surface area contributed by atoms with Gasteiger partial charge in [-0.1, -0.05) is 35.9 Å². The van der Waals surface area contributed by atoms with E-state index < -0.39 is 17.9 Å². The molecule has 2 N–H and O–H groups in total. The molecule has 1 aliphatic rings. The van der Waals surface area contributed by atoms with Crippen LogP contribution in [-0.4, -0.2) is 17.8 Å². The second kappa shape index (κ2) is 9.36. The van der Waals surface area contributed by atoms with Crippen molar-refractivity contribution in [2.45, 2.75) is 32.4 Å². The van der Waals surface area contributed by atoms with E-state index in [-0.39, 0.29) is 24.9 Å². The fraction of sp³-hybridized carbons (Fsp3) is 0.240. The number of nitrogens with zero attached hydrogens (tertiary/aromatic N) is 1. The SMILES string of the molecule is Cc1ccc(N2C(=O)CCC(C(=O)OCc3ccc(C(N)=O)cc3)C2c2cccs2)cc1. The summed E-state index contributed by atoms with van der Waals surface area (Å²) >= 11 is 1.53. The smallest absolute Gasteiger partial charge is 0.311 e. The molecule has 2 unspecified atom stereocenters. The number of thiophene rings is 1. The monoisotopic (exact) mass is 448 g/mol. The Morgan fingerprint density at radius 2 is 1.81 bits per heavy atom. The van der Waals surface area contributed by atoms with Crippen LogP contribution < -0.4 is 10.6 Å². The van der Waals surface area contributed by atoms with Gasteiger partial charge in [-0.15, -0.1) is 11.3 Å². The number of aryl methyl sites for hydroxylation is 1. The standard InChI is InChI=1S/C25H24N2O4S/c1-16-4-10-19(11-5-16)27-22(28)13-12-20(23(27)21-3-2-14-32-21)25(30)31-15-17-6-8-18(9-7-17)24(26)29/h2-11,14,20,23H,12-13,15H2,1H3,(H2,26,29). The van der Waals surface area contributed by atoms with Crippen molar-refractivity contribution < 1.29 is 19.1 Å². The maximum Gasteiger partial charge on any atom is 0.311 e. The second-order valence-electron chi connectivity index (χ2n) is 7.87. The minimum atomic E-state index is -0.504. The average Bonchev–Trinajstić information content (AvgIpc) is 3.33. The van der Waals surface area contributed by atoms with Crippen molar-refractivity contribution in [3.63, 3.8) is 0 Å². The lowest BCUT2D eigenvalue weighted by Gasteiger charge is -2.39. The number of amides is 2. The lowest BCUT2D eigenvalue weighted by molar-refractivity contribution is -0.152. The highest BCUT2D eigenvalue weighted by atomic mass is 32.1. The Bertz CT molecular complexity index is 1110. The van der Waals surface area contributed by atoms with Crippen LogP contribution in [0.25, 0.3) is 0 Å². The maximum atomic E-state index is 13.2. The van der Waals surface area contributed by atoms with Crippen molar-refractivity contribution in [3.05, 3.63) is 87.6 Å². The third-order valence-corrected chi connectivity index (χ3v) is 6.61. The Morgan fingerprint density at radius 3 is 2.44 bits per heavy atom. The Morgan fingerprint density at radius 1 is 1.09 bits per heavy atom. The quantitative estimate of drug-likeness (QED) is 0.567. The summed E-state index contributed by atoms with van der Waals surface area (Å²) in [7, 11) is 0. The molecule has 2 amide bonds. The van der Waals surface area contributed by atoms with Gasteiger partial charge >= 0.3 is 5.97 Å². The molecule has 1 aliphatic heterocycles. The number of hydrogen-bond acceptors (Lipinski definition) is 5. The molecule has 2 aromatic carbocycles. The number of anilines is 1. The maximum absolute atomic E-state index is 13.2. The first kappa shape index (κ1) is 21.8. The van der Waals surface area contributed by atoms with Crippen LogP contribution in [0.3, 0.4) is 0 Å². The molecule has 2 heterocycles. The van der Waals surface area contributed by atoms with Crippen LogP contribution in [-0.2, 0) is 20.9 Å².